The highest BCUT2D eigenvalue weighted by atomic mass is 16.6. The minimum absolute atomic E-state index is 0.00612. The molecule has 0 spiro atoms. The molecule has 3 aromatic rings. The number of anilines is 2. The third-order valence-electron chi connectivity index (χ3n) is 17.6. The number of esters is 8. The van der Waals surface area contributed by atoms with Crippen LogP contribution < -0.4 is 38.1 Å². The number of hydrogen-bond acceptors (Lipinski definition) is 24. The Hall–Kier alpha value is -9.67. The summed E-state index contributed by atoms with van der Waals surface area (Å²) < 4.78 is 45.1. The lowest BCUT2D eigenvalue weighted by molar-refractivity contribution is -0.147. The van der Waals surface area contributed by atoms with E-state index in [1.807, 2.05) is 48.5 Å². The van der Waals surface area contributed by atoms with E-state index < -0.39 is 145 Å². The Labute approximate surface area is 563 Å². The second kappa shape index (κ2) is 39.4. The largest absolute Gasteiger partial charge is 0.469 e. The molecule has 0 aliphatic heterocycles. The van der Waals surface area contributed by atoms with Gasteiger partial charge in [-0.15, -0.1) is 0 Å². The molecule has 29 heteroatoms. The molecule has 0 fully saturated rings. The first-order chi connectivity index (χ1) is 46.2. The number of rotatable bonds is 42. The Morgan fingerprint density at radius 1 is 0.392 bits per heavy atom. The Morgan fingerprint density at radius 3 is 1.07 bits per heavy atom. The molecule has 1 atom stereocenters. The summed E-state index contributed by atoms with van der Waals surface area (Å²) in [6.07, 6.45) is -7.59. The van der Waals surface area contributed by atoms with Crippen LogP contribution in [0.3, 0.4) is 0 Å². The van der Waals surface area contributed by atoms with E-state index in [0.717, 1.165) is 64.9 Å². The number of methoxy groups -OCH3 is 8. The Bertz CT molecular complexity index is 3130. The van der Waals surface area contributed by atoms with Crippen LogP contribution >= 0.6 is 0 Å². The van der Waals surface area contributed by atoms with Crippen LogP contribution in [-0.4, -0.2) is 170 Å². The standard InChI is InChI=1S/C68H93N7O22/c1-89-55(79)22-32-65(33-23-56(80)90-2,34-24-57(81)91-3)72-52(76)19-29-66(30-20-53(77)73-67(39-40-69,35-25-58(82)92-4)36-26-59(83)93-5,31-21-54(78)74-68(42-62(86)96-8,37-27-60(84)94-6)38-28-61(85)95-7)75-63(87)44-17-18-50(70)51(41-44)71-64(88)97-43-49-47-15-11-9-13-45(47)46-14-10-12-16-48(46)49/h9-18,41,49H,19-40,42-43,69-70H2,1-8H3,(H,71,88)(H,72,76)(H,73,77)(H,74,78)(H,75,87). The molecule has 1 aliphatic rings. The van der Waals surface area contributed by atoms with Crippen molar-refractivity contribution in [2.45, 2.75) is 169 Å². The number of benzene rings is 3. The fourth-order valence-electron chi connectivity index (χ4n) is 11.9. The van der Waals surface area contributed by atoms with Crippen molar-refractivity contribution < 1.29 is 105 Å². The summed E-state index contributed by atoms with van der Waals surface area (Å²) >= 11 is 0. The van der Waals surface area contributed by atoms with Gasteiger partial charge in [-0.3, -0.25) is 62.9 Å². The zero-order valence-corrected chi connectivity index (χ0v) is 56.5. The molecular weight excluding hydrogens is 1270 g/mol. The molecule has 0 bridgehead atoms. The number of amides is 5. The molecule has 5 amide bonds. The van der Waals surface area contributed by atoms with Crippen LogP contribution in [0, 0.1) is 0 Å². The van der Waals surface area contributed by atoms with Gasteiger partial charge < -0.3 is 75.4 Å². The minimum atomic E-state index is -1.87. The molecule has 29 nitrogen and oxygen atoms in total. The predicted molar refractivity (Wildman–Crippen MR) is 349 cm³/mol. The van der Waals surface area contributed by atoms with Gasteiger partial charge in [-0.05, 0) is 118 Å². The number of nitrogen functional groups attached to an aromatic ring is 1. The van der Waals surface area contributed by atoms with Crippen molar-refractivity contribution in [3.05, 3.63) is 83.4 Å². The molecule has 532 valence electrons. The number of hydrogen-bond donors (Lipinski definition) is 7. The van der Waals surface area contributed by atoms with E-state index in [4.69, 9.17) is 54.1 Å². The second-order valence-electron chi connectivity index (χ2n) is 23.8. The van der Waals surface area contributed by atoms with Crippen molar-refractivity contribution in [2.24, 2.45) is 5.73 Å². The highest BCUT2D eigenvalue weighted by Crippen LogP contribution is 2.45. The van der Waals surface area contributed by atoms with Crippen molar-refractivity contribution in [1.29, 1.82) is 0 Å². The van der Waals surface area contributed by atoms with Crippen LogP contribution in [0.25, 0.3) is 11.1 Å². The van der Waals surface area contributed by atoms with Crippen molar-refractivity contribution in [3.63, 3.8) is 0 Å². The Kier molecular flexibility index (Phi) is 32.4. The van der Waals surface area contributed by atoms with Crippen molar-refractivity contribution in [1.82, 2.24) is 21.3 Å². The van der Waals surface area contributed by atoms with Crippen molar-refractivity contribution in [2.75, 3.05) is 81.1 Å². The van der Waals surface area contributed by atoms with E-state index in [0.29, 0.717) is 0 Å². The first kappa shape index (κ1) is 79.8. The summed E-state index contributed by atoms with van der Waals surface area (Å²) in [7, 11) is 9.17. The van der Waals surface area contributed by atoms with Gasteiger partial charge in [0.25, 0.3) is 5.91 Å². The van der Waals surface area contributed by atoms with Gasteiger partial charge in [-0.1, -0.05) is 48.5 Å². The maximum absolute atomic E-state index is 15.3. The smallest absolute Gasteiger partial charge is 0.411 e. The van der Waals surface area contributed by atoms with E-state index in [1.54, 1.807) is 0 Å². The quantitative estimate of drug-likeness (QED) is 0.0206. The van der Waals surface area contributed by atoms with Gasteiger partial charge >= 0.3 is 53.8 Å². The van der Waals surface area contributed by atoms with Gasteiger partial charge in [-0.2, -0.15) is 0 Å². The fourth-order valence-corrected chi connectivity index (χ4v) is 11.9. The summed E-state index contributed by atoms with van der Waals surface area (Å²) in [5.74, 6) is -9.16. The van der Waals surface area contributed by atoms with E-state index in [-0.39, 0.29) is 132 Å². The number of carbonyl (C=O) groups is 13. The monoisotopic (exact) mass is 1360 g/mol. The summed E-state index contributed by atoms with van der Waals surface area (Å²) in [4.78, 5) is 176. The average molecular weight is 1360 g/mol. The summed E-state index contributed by atoms with van der Waals surface area (Å²) in [5.41, 5.74) is 9.85. The van der Waals surface area contributed by atoms with Crippen molar-refractivity contribution >= 4 is 88.9 Å². The number of ether oxygens (including phenoxy) is 9. The maximum atomic E-state index is 15.3. The lowest BCUT2D eigenvalue weighted by Gasteiger charge is -2.39. The van der Waals surface area contributed by atoms with E-state index >= 15 is 4.79 Å². The topological polar surface area (TPSA) is 417 Å². The highest BCUT2D eigenvalue weighted by Gasteiger charge is 2.42. The normalized spacial score (nSPS) is 12.3. The minimum Gasteiger partial charge on any atom is -0.469 e. The predicted octanol–water partition coefficient (Wildman–Crippen LogP) is 5.59. The Balaban J connectivity index is 1.92. The lowest BCUT2D eigenvalue weighted by Crippen LogP contribution is -2.54. The molecule has 4 rings (SSSR count). The van der Waals surface area contributed by atoms with E-state index in [2.05, 4.69) is 26.6 Å². The molecular formula is C68H93N7O22. The molecule has 9 N–H and O–H groups in total. The summed E-state index contributed by atoms with van der Waals surface area (Å²) in [5, 5.41) is 14.4. The summed E-state index contributed by atoms with van der Waals surface area (Å²) in [6, 6.07) is 19.4. The van der Waals surface area contributed by atoms with Crippen LogP contribution in [-0.2, 0) is 95.4 Å². The fraction of sp³-hybridized carbons (Fsp3) is 0.544. The highest BCUT2D eigenvalue weighted by molar-refractivity contribution is 5.99. The molecule has 3 aromatic carbocycles. The SMILES string of the molecule is COC(=O)CCC(CCN)(CCC(=O)OC)NC(=O)CCC(CCC(=O)NC(CCC(=O)OC)(CCC(=O)OC)CCC(=O)OC)(CCC(=O)NC(CCC(=O)OC)(CCC(=O)OC)CC(=O)OC)NC(=O)c1ccc(N)c(NC(=O)OCC2c3ccccc3-c3ccccc32)c1. The number of carbonyl (C=O) groups excluding carboxylic acids is 13. The molecule has 1 aliphatic carbocycles. The van der Waals surface area contributed by atoms with Crippen LogP contribution in [0.2, 0.25) is 0 Å². The number of nitrogens with one attached hydrogen (secondary N) is 5. The van der Waals surface area contributed by atoms with E-state index in [1.165, 1.54) is 32.4 Å². The molecule has 0 radical (unpaired) electrons. The Morgan fingerprint density at radius 2 is 0.711 bits per heavy atom. The van der Waals surface area contributed by atoms with Crippen LogP contribution in [0.15, 0.2) is 66.7 Å². The van der Waals surface area contributed by atoms with Gasteiger partial charge in [0.1, 0.15) is 6.61 Å². The molecule has 1 unspecified atom stereocenters. The first-order valence-corrected chi connectivity index (χ1v) is 31.8. The van der Waals surface area contributed by atoms with Gasteiger partial charge in [0, 0.05) is 92.3 Å². The van der Waals surface area contributed by atoms with Gasteiger partial charge in [0.15, 0.2) is 0 Å². The molecule has 0 heterocycles. The van der Waals surface area contributed by atoms with Gasteiger partial charge in [0.2, 0.25) is 17.7 Å². The van der Waals surface area contributed by atoms with Crippen LogP contribution in [0.5, 0.6) is 0 Å². The molecule has 0 saturated heterocycles. The zero-order chi connectivity index (χ0) is 71.8. The molecule has 97 heavy (non-hydrogen) atoms. The van der Waals surface area contributed by atoms with Gasteiger partial charge in [0.05, 0.1) is 80.2 Å². The zero-order valence-electron chi connectivity index (χ0n) is 56.5. The van der Waals surface area contributed by atoms with Gasteiger partial charge in [-0.25, -0.2) is 4.79 Å². The van der Waals surface area contributed by atoms with E-state index in [9.17, 15) is 57.5 Å². The molecule has 0 aromatic heterocycles. The summed E-state index contributed by atoms with van der Waals surface area (Å²) in [6.45, 7) is -0.117. The number of nitrogens with two attached hydrogens (primary N) is 2. The third-order valence-corrected chi connectivity index (χ3v) is 17.6. The lowest BCUT2D eigenvalue weighted by atomic mass is 9.80. The van der Waals surface area contributed by atoms with Crippen molar-refractivity contribution in [3.8, 4) is 11.1 Å². The van der Waals surface area contributed by atoms with Crippen LogP contribution in [0.1, 0.15) is 169 Å². The van der Waals surface area contributed by atoms with Crippen LogP contribution in [0.4, 0.5) is 16.2 Å². The average Bonchev–Trinajstić information content (AvgIpc) is 1.63. The first-order valence-electron chi connectivity index (χ1n) is 31.8. The second-order valence-corrected chi connectivity index (χ2v) is 23.8. The third kappa shape index (κ3) is 25.4. The number of fused-ring (bicyclic) bond motifs is 3. The molecule has 0 saturated carbocycles. The maximum Gasteiger partial charge on any atom is 0.411 e.